The van der Waals surface area contributed by atoms with Gasteiger partial charge in [-0.15, -0.1) is 5.11 Å². The summed E-state index contributed by atoms with van der Waals surface area (Å²) in [5.74, 6) is 0. The molecule has 3 rings (SSSR count). The zero-order valence-corrected chi connectivity index (χ0v) is 13.0. The minimum atomic E-state index is -0.326. The van der Waals surface area contributed by atoms with Crippen molar-refractivity contribution >= 4 is 33.0 Å². The molecule has 4 N–H and O–H groups in total. The number of nitrogens with two attached hydrogens (primary N) is 1. The van der Waals surface area contributed by atoms with Crippen LogP contribution in [0.3, 0.4) is 0 Å². The molecule has 0 aliphatic heterocycles. The number of halogens is 1. The summed E-state index contributed by atoms with van der Waals surface area (Å²) in [6.45, 7) is 0. The van der Waals surface area contributed by atoms with Gasteiger partial charge < -0.3 is 5.73 Å². The van der Waals surface area contributed by atoms with Crippen LogP contribution in [-0.2, 0) is 0 Å². The Labute approximate surface area is 134 Å². The van der Waals surface area contributed by atoms with E-state index in [9.17, 15) is 4.79 Å². The second-order valence-corrected chi connectivity index (χ2v) is 5.52. The highest BCUT2D eigenvalue weighted by atomic mass is 79.9. The lowest BCUT2D eigenvalue weighted by atomic mass is 10.1. The molecule has 0 aliphatic carbocycles. The largest absolute Gasteiger partial charge is 0.399 e. The Morgan fingerprint density at radius 3 is 2.27 bits per heavy atom. The van der Waals surface area contributed by atoms with Gasteiger partial charge in [0.15, 0.2) is 5.69 Å². The molecule has 0 spiro atoms. The monoisotopic (exact) mass is 357 g/mol. The van der Waals surface area contributed by atoms with E-state index in [2.05, 4.69) is 36.4 Å². The molecule has 7 heteroatoms. The SMILES string of the molecule is Nc1ccc(-c2[nH][nH]c(=O)c2N=Nc2ccc(Br)cc2)cc1. The fraction of sp³-hybridized carbons (Fsp3) is 0. The quantitative estimate of drug-likeness (QED) is 0.484. The second-order valence-electron chi connectivity index (χ2n) is 4.60. The van der Waals surface area contributed by atoms with Crippen molar-refractivity contribution in [2.24, 2.45) is 10.2 Å². The number of H-pyrrole nitrogens is 2. The van der Waals surface area contributed by atoms with Gasteiger partial charge in [0, 0.05) is 15.7 Å². The van der Waals surface area contributed by atoms with Crippen LogP contribution in [0.2, 0.25) is 0 Å². The first-order valence-corrected chi connectivity index (χ1v) is 7.26. The van der Waals surface area contributed by atoms with E-state index in [-0.39, 0.29) is 11.2 Å². The van der Waals surface area contributed by atoms with E-state index in [1.807, 2.05) is 24.3 Å². The number of nitrogen functional groups attached to an aromatic ring is 1. The highest BCUT2D eigenvalue weighted by Crippen LogP contribution is 2.27. The molecule has 6 nitrogen and oxygen atoms in total. The summed E-state index contributed by atoms with van der Waals surface area (Å²) in [7, 11) is 0. The van der Waals surface area contributed by atoms with Crippen molar-refractivity contribution in [3.8, 4) is 11.3 Å². The number of anilines is 1. The smallest absolute Gasteiger partial charge is 0.292 e. The summed E-state index contributed by atoms with van der Waals surface area (Å²) in [5.41, 5.74) is 8.26. The van der Waals surface area contributed by atoms with Crippen molar-refractivity contribution in [3.05, 3.63) is 63.4 Å². The summed E-state index contributed by atoms with van der Waals surface area (Å²) < 4.78 is 0.952. The topological polar surface area (TPSA) is 99.4 Å². The molecule has 0 atom stereocenters. The number of nitrogens with one attached hydrogen (secondary N) is 2. The van der Waals surface area contributed by atoms with Crippen LogP contribution in [0.25, 0.3) is 11.3 Å². The zero-order valence-electron chi connectivity index (χ0n) is 11.4. The number of benzene rings is 2. The summed E-state index contributed by atoms with van der Waals surface area (Å²) >= 11 is 3.35. The predicted molar refractivity (Wildman–Crippen MR) is 89.6 cm³/mol. The first-order valence-electron chi connectivity index (χ1n) is 6.47. The van der Waals surface area contributed by atoms with Crippen LogP contribution in [0.5, 0.6) is 0 Å². The highest BCUT2D eigenvalue weighted by Gasteiger charge is 2.11. The normalized spacial score (nSPS) is 11.1. The molecule has 0 unspecified atom stereocenters. The standard InChI is InChI=1S/C15H12BrN5O/c16-10-3-7-12(8-4-10)18-20-14-13(19-21-15(14)22)9-1-5-11(17)6-2-9/h1-8H,17H2,(H2,19,21,22). The van der Waals surface area contributed by atoms with E-state index in [1.54, 1.807) is 24.3 Å². The van der Waals surface area contributed by atoms with Gasteiger partial charge >= 0.3 is 0 Å². The number of hydrogen-bond acceptors (Lipinski definition) is 4. The van der Waals surface area contributed by atoms with Crippen molar-refractivity contribution in [3.63, 3.8) is 0 Å². The maximum atomic E-state index is 11.9. The average molecular weight is 358 g/mol. The van der Waals surface area contributed by atoms with E-state index < -0.39 is 0 Å². The third kappa shape index (κ3) is 2.99. The van der Waals surface area contributed by atoms with Crippen LogP contribution in [0, 0.1) is 0 Å². The third-order valence-electron chi connectivity index (χ3n) is 3.04. The van der Waals surface area contributed by atoms with Crippen LogP contribution in [0.15, 0.2) is 68.0 Å². The van der Waals surface area contributed by atoms with Crippen LogP contribution >= 0.6 is 15.9 Å². The summed E-state index contributed by atoms with van der Waals surface area (Å²) in [4.78, 5) is 11.9. The lowest BCUT2D eigenvalue weighted by Gasteiger charge is -1.99. The van der Waals surface area contributed by atoms with Crippen molar-refractivity contribution in [2.45, 2.75) is 0 Å². The van der Waals surface area contributed by atoms with Crippen LogP contribution in [-0.4, -0.2) is 10.2 Å². The van der Waals surface area contributed by atoms with Gasteiger partial charge in [-0.1, -0.05) is 28.1 Å². The fourth-order valence-corrected chi connectivity index (χ4v) is 2.19. The number of aromatic nitrogens is 2. The molecule has 1 heterocycles. The highest BCUT2D eigenvalue weighted by molar-refractivity contribution is 9.10. The Morgan fingerprint density at radius 1 is 0.909 bits per heavy atom. The van der Waals surface area contributed by atoms with Crippen molar-refractivity contribution in [1.29, 1.82) is 0 Å². The van der Waals surface area contributed by atoms with Crippen LogP contribution in [0.4, 0.5) is 17.1 Å². The summed E-state index contributed by atoms with van der Waals surface area (Å²) in [5, 5.41) is 13.5. The molecule has 0 bridgehead atoms. The number of rotatable bonds is 3. The molecule has 0 amide bonds. The average Bonchev–Trinajstić information content (AvgIpc) is 2.89. The first kappa shape index (κ1) is 14.3. The van der Waals surface area contributed by atoms with Gasteiger partial charge in [0.05, 0.1) is 11.4 Å². The molecule has 2 aromatic carbocycles. The lowest BCUT2D eigenvalue weighted by molar-refractivity contribution is 1.06. The molecule has 0 saturated heterocycles. The zero-order chi connectivity index (χ0) is 15.5. The molecule has 3 aromatic rings. The lowest BCUT2D eigenvalue weighted by Crippen LogP contribution is -1.96. The number of aromatic amines is 2. The molecule has 0 saturated carbocycles. The minimum Gasteiger partial charge on any atom is -0.399 e. The Morgan fingerprint density at radius 2 is 1.59 bits per heavy atom. The van der Waals surface area contributed by atoms with Crippen molar-refractivity contribution < 1.29 is 0 Å². The van der Waals surface area contributed by atoms with E-state index in [0.717, 1.165) is 10.0 Å². The van der Waals surface area contributed by atoms with Gasteiger partial charge in [-0.25, -0.2) is 0 Å². The van der Waals surface area contributed by atoms with E-state index >= 15 is 0 Å². The Kier molecular flexibility index (Phi) is 3.88. The molecule has 0 fully saturated rings. The van der Waals surface area contributed by atoms with E-state index in [1.165, 1.54) is 0 Å². The maximum Gasteiger partial charge on any atom is 0.292 e. The summed E-state index contributed by atoms with van der Waals surface area (Å²) in [6.07, 6.45) is 0. The number of nitrogens with zero attached hydrogens (tertiary/aromatic N) is 2. The number of azo groups is 1. The molecular formula is C15H12BrN5O. The van der Waals surface area contributed by atoms with E-state index in [4.69, 9.17) is 5.73 Å². The van der Waals surface area contributed by atoms with Gasteiger partial charge in [-0.2, -0.15) is 5.11 Å². The van der Waals surface area contributed by atoms with Gasteiger partial charge in [0.2, 0.25) is 0 Å². The molecule has 22 heavy (non-hydrogen) atoms. The molecule has 0 aliphatic rings. The maximum absolute atomic E-state index is 11.9. The Balaban J connectivity index is 1.97. The van der Waals surface area contributed by atoms with Gasteiger partial charge in [0.25, 0.3) is 5.56 Å². The summed E-state index contributed by atoms with van der Waals surface area (Å²) in [6, 6.07) is 14.5. The number of hydrogen-bond donors (Lipinski definition) is 3. The minimum absolute atomic E-state index is 0.229. The van der Waals surface area contributed by atoms with Crippen LogP contribution < -0.4 is 11.3 Å². The molecule has 1 aromatic heterocycles. The first-order chi connectivity index (χ1) is 10.6. The molecule has 0 radical (unpaired) electrons. The predicted octanol–water partition coefficient (Wildman–Crippen LogP) is 4.13. The Bertz CT molecular complexity index is 862. The van der Waals surface area contributed by atoms with Crippen molar-refractivity contribution in [1.82, 2.24) is 10.2 Å². The second kappa shape index (κ2) is 5.98. The third-order valence-corrected chi connectivity index (χ3v) is 3.57. The van der Waals surface area contributed by atoms with Gasteiger partial charge in [0.1, 0.15) is 0 Å². The van der Waals surface area contributed by atoms with Crippen LogP contribution in [0.1, 0.15) is 0 Å². The Hall–Kier alpha value is -2.67. The molecule has 110 valence electrons. The van der Waals surface area contributed by atoms with E-state index in [0.29, 0.717) is 17.1 Å². The van der Waals surface area contributed by atoms with Crippen molar-refractivity contribution in [2.75, 3.05) is 5.73 Å². The van der Waals surface area contributed by atoms with Gasteiger partial charge in [-0.3, -0.25) is 15.0 Å². The fourth-order valence-electron chi connectivity index (χ4n) is 1.92. The van der Waals surface area contributed by atoms with Gasteiger partial charge in [-0.05, 0) is 36.4 Å². The molecular weight excluding hydrogens is 346 g/mol.